The number of aromatic nitrogens is 2. The van der Waals surface area contributed by atoms with Gasteiger partial charge < -0.3 is 15.8 Å². The fourth-order valence-corrected chi connectivity index (χ4v) is 2.04. The van der Waals surface area contributed by atoms with Crippen LogP contribution < -0.4 is 11.1 Å². The molecule has 1 aromatic rings. The van der Waals surface area contributed by atoms with E-state index in [0.29, 0.717) is 17.1 Å². The number of anilines is 2. The van der Waals surface area contributed by atoms with E-state index in [1.54, 1.807) is 6.07 Å². The second kappa shape index (κ2) is 5.36. The van der Waals surface area contributed by atoms with Crippen LogP contribution in [-0.4, -0.2) is 35.5 Å². The molecule has 1 atom stereocenters. The van der Waals surface area contributed by atoms with Gasteiger partial charge in [-0.25, -0.2) is 9.97 Å². The van der Waals surface area contributed by atoms with Crippen molar-refractivity contribution in [1.29, 1.82) is 0 Å². The molecule has 1 aliphatic rings. The van der Waals surface area contributed by atoms with Crippen molar-refractivity contribution in [2.24, 2.45) is 0 Å². The van der Waals surface area contributed by atoms with E-state index in [2.05, 4.69) is 15.3 Å². The van der Waals surface area contributed by atoms with Crippen molar-refractivity contribution < 1.29 is 4.74 Å². The van der Waals surface area contributed by atoms with Crippen LogP contribution in [0.25, 0.3) is 0 Å². The number of thioether (sulfide) groups is 1. The first-order valence-electron chi connectivity index (χ1n) is 5.32. The van der Waals surface area contributed by atoms with Gasteiger partial charge in [0.15, 0.2) is 5.16 Å². The third kappa shape index (κ3) is 2.99. The first kappa shape index (κ1) is 11.5. The van der Waals surface area contributed by atoms with Crippen molar-refractivity contribution in [3.8, 4) is 0 Å². The molecule has 0 aromatic carbocycles. The van der Waals surface area contributed by atoms with Gasteiger partial charge in [-0.15, -0.1) is 0 Å². The summed E-state index contributed by atoms with van der Waals surface area (Å²) in [6.45, 7) is 1.65. The van der Waals surface area contributed by atoms with E-state index in [4.69, 9.17) is 10.5 Å². The van der Waals surface area contributed by atoms with Gasteiger partial charge in [0.2, 0.25) is 0 Å². The Morgan fingerprint density at radius 2 is 2.50 bits per heavy atom. The molecule has 0 spiro atoms. The number of hydrogen-bond acceptors (Lipinski definition) is 6. The molecule has 1 fully saturated rings. The van der Waals surface area contributed by atoms with E-state index < -0.39 is 0 Å². The van der Waals surface area contributed by atoms with Crippen molar-refractivity contribution in [3.63, 3.8) is 0 Å². The molecule has 0 amide bonds. The molecule has 1 aliphatic heterocycles. The number of hydrogen-bond donors (Lipinski definition) is 2. The Labute approximate surface area is 99.2 Å². The van der Waals surface area contributed by atoms with Gasteiger partial charge >= 0.3 is 0 Å². The number of ether oxygens (including phenoxy) is 1. The molecule has 0 radical (unpaired) electrons. The van der Waals surface area contributed by atoms with E-state index in [9.17, 15) is 0 Å². The lowest BCUT2D eigenvalue weighted by Gasteiger charge is -2.11. The van der Waals surface area contributed by atoms with Gasteiger partial charge in [0, 0.05) is 19.2 Å². The molecule has 16 heavy (non-hydrogen) atoms. The van der Waals surface area contributed by atoms with Gasteiger partial charge in [0.05, 0.1) is 6.10 Å². The van der Waals surface area contributed by atoms with Crippen molar-refractivity contribution in [3.05, 3.63) is 6.07 Å². The van der Waals surface area contributed by atoms with Gasteiger partial charge in [0.1, 0.15) is 11.6 Å². The van der Waals surface area contributed by atoms with Gasteiger partial charge in [-0.3, -0.25) is 0 Å². The Balaban J connectivity index is 1.94. The van der Waals surface area contributed by atoms with Crippen molar-refractivity contribution in [2.45, 2.75) is 24.1 Å². The Kier molecular flexibility index (Phi) is 3.84. The lowest BCUT2D eigenvalue weighted by atomic mass is 10.2. The minimum absolute atomic E-state index is 0.300. The number of nitrogens with zero attached hydrogens (tertiary/aromatic N) is 2. The van der Waals surface area contributed by atoms with Crippen LogP contribution in [-0.2, 0) is 4.74 Å². The SMILES string of the molecule is CSc1nc(N)cc(NCC2CCCO2)n1. The maximum atomic E-state index is 5.68. The van der Waals surface area contributed by atoms with E-state index in [-0.39, 0.29) is 0 Å². The minimum Gasteiger partial charge on any atom is -0.383 e. The molecular weight excluding hydrogens is 224 g/mol. The van der Waals surface area contributed by atoms with Crippen molar-refractivity contribution in [2.75, 3.05) is 30.5 Å². The fourth-order valence-electron chi connectivity index (χ4n) is 1.65. The molecule has 2 rings (SSSR count). The molecule has 2 heterocycles. The van der Waals surface area contributed by atoms with Crippen molar-refractivity contribution >= 4 is 23.4 Å². The highest BCUT2D eigenvalue weighted by atomic mass is 32.2. The van der Waals surface area contributed by atoms with Crippen LogP contribution in [0.5, 0.6) is 0 Å². The summed E-state index contributed by atoms with van der Waals surface area (Å²) in [6.07, 6.45) is 4.49. The molecular formula is C10H16N4OS. The zero-order valence-electron chi connectivity index (χ0n) is 9.27. The number of nitrogens with two attached hydrogens (primary N) is 1. The predicted molar refractivity (Wildman–Crippen MR) is 65.7 cm³/mol. The fraction of sp³-hybridized carbons (Fsp3) is 0.600. The largest absolute Gasteiger partial charge is 0.383 e. The van der Waals surface area contributed by atoms with Gasteiger partial charge in [0.25, 0.3) is 0 Å². The van der Waals surface area contributed by atoms with Crippen molar-refractivity contribution in [1.82, 2.24) is 9.97 Å². The summed E-state index contributed by atoms with van der Waals surface area (Å²) in [6, 6.07) is 1.74. The third-order valence-electron chi connectivity index (χ3n) is 2.44. The van der Waals surface area contributed by atoms with Gasteiger partial charge in [-0.2, -0.15) is 0 Å². The number of rotatable bonds is 4. The summed E-state index contributed by atoms with van der Waals surface area (Å²) < 4.78 is 5.52. The highest BCUT2D eigenvalue weighted by Crippen LogP contribution is 2.17. The van der Waals surface area contributed by atoms with Crippen LogP contribution in [0.1, 0.15) is 12.8 Å². The third-order valence-corrected chi connectivity index (χ3v) is 2.99. The average molecular weight is 240 g/mol. The molecule has 1 unspecified atom stereocenters. The molecule has 0 bridgehead atoms. The van der Waals surface area contributed by atoms with Crippen LogP contribution >= 0.6 is 11.8 Å². The zero-order chi connectivity index (χ0) is 11.4. The first-order valence-corrected chi connectivity index (χ1v) is 6.54. The van der Waals surface area contributed by atoms with Crippen LogP contribution in [0.2, 0.25) is 0 Å². The molecule has 0 aliphatic carbocycles. The molecule has 0 saturated carbocycles. The van der Waals surface area contributed by atoms with E-state index in [0.717, 1.165) is 31.8 Å². The number of nitrogen functional groups attached to an aromatic ring is 1. The Bertz CT molecular complexity index is 355. The van der Waals surface area contributed by atoms with Crippen LogP contribution in [0, 0.1) is 0 Å². The van der Waals surface area contributed by atoms with E-state index >= 15 is 0 Å². The summed E-state index contributed by atoms with van der Waals surface area (Å²) in [5.41, 5.74) is 5.68. The topological polar surface area (TPSA) is 73.1 Å². The summed E-state index contributed by atoms with van der Waals surface area (Å²) >= 11 is 1.48. The van der Waals surface area contributed by atoms with Gasteiger partial charge in [-0.1, -0.05) is 11.8 Å². The first-order chi connectivity index (χ1) is 7.78. The highest BCUT2D eigenvalue weighted by molar-refractivity contribution is 7.98. The van der Waals surface area contributed by atoms with E-state index in [1.807, 2.05) is 6.26 Å². The summed E-state index contributed by atoms with van der Waals surface area (Å²) in [5.74, 6) is 1.27. The normalized spacial score (nSPS) is 19.9. The van der Waals surface area contributed by atoms with Crippen LogP contribution in [0.3, 0.4) is 0 Å². The Morgan fingerprint density at radius 1 is 1.62 bits per heavy atom. The second-order valence-electron chi connectivity index (χ2n) is 3.68. The molecule has 88 valence electrons. The maximum absolute atomic E-state index is 5.68. The van der Waals surface area contributed by atoms with E-state index in [1.165, 1.54) is 11.8 Å². The minimum atomic E-state index is 0.300. The van der Waals surface area contributed by atoms with Crippen LogP contribution in [0.15, 0.2) is 11.2 Å². The lowest BCUT2D eigenvalue weighted by molar-refractivity contribution is 0.120. The van der Waals surface area contributed by atoms with Gasteiger partial charge in [-0.05, 0) is 19.1 Å². The molecule has 3 N–H and O–H groups in total. The second-order valence-corrected chi connectivity index (χ2v) is 4.45. The molecule has 1 aromatic heterocycles. The van der Waals surface area contributed by atoms with Crippen LogP contribution in [0.4, 0.5) is 11.6 Å². The monoisotopic (exact) mass is 240 g/mol. The summed E-state index contributed by atoms with van der Waals surface area (Å²) in [4.78, 5) is 8.41. The maximum Gasteiger partial charge on any atom is 0.191 e. The molecule has 1 saturated heterocycles. The average Bonchev–Trinajstić information content (AvgIpc) is 2.78. The molecule has 6 heteroatoms. The lowest BCUT2D eigenvalue weighted by Crippen LogP contribution is -2.19. The zero-order valence-corrected chi connectivity index (χ0v) is 10.1. The smallest absolute Gasteiger partial charge is 0.191 e. The Hall–Kier alpha value is -1.01. The molecule has 5 nitrogen and oxygen atoms in total. The highest BCUT2D eigenvalue weighted by Gasteiger charge is 2.15. The Morgan fingerprint density at radius 3 is 3.19 bits per heavy atom. The number of nitrogens with one attached hydrogen (secondary N) is 1. The standard InChI is InChI=1S/C10H16N4OS/c1-16-10-13-8(11)5-9(14-10)12-6-7-3-2-4-15-7/h5,7H,2-4,6H2,1H3,(H3,11,12,13,14). The predicted octanol–water partition coefficient (Wildman–Crippen LogP) is 1.37. The summed E-state index contributed by atoms with van der Waals surface area (Å²) in [5, 5.41) is 3.92. The quantitative estimate of drug-likeness (QED) is 0.611. The summed E-state index contributed by atoms with van der Waals surface area (Å²) in [7, 11) is 0.